The van der Waals surface area contributed by atoms with Crippen molar-refractivity contribution in [2.75, 3.05) is 30.5 Å². The van der Waals surface area contributed by atoms with Crippen LogP contribution in [-0.2, 0) is 21.5 Å². The third kappa shape index (κ3) is 5.38. The van der Waals surface area contributed by atoms with Crippen molar-refractivity contribution in [2.24, 2.45) is 5.92 Å². The lowest BCUT2D eigenvalue weighted by Crippen LogP contribution is -2.55. The van der Waals surface area contributed by atoms with Crippen molar-refractivity contribution in [1.82, 2.24) is 28.8 Å². The van der Waals surface area contributed by atoms with Crippen molar-refractivity contribution in [3.05, 3.63) is 66.2 Å². The van der Waals surface area contributed by atoms with Crippen LogP contribution >= 0.6 is 0 Å². The summed E-state index contributed by atoms with van der Waals surface area (Å²) in [4.78, 5) is 18.9. The number of anilines is 1. The number of alkyl halides is 2. The fraction of sp³-hybridized carbons (Fsp3) is 0.385. The Hall–Kier alpha value is -3.98. The van der Waals surface area contributed by atoms with Crippen molar-refractivity contribution >= 4 is 27.5 Å². The molecule has 15 heteroatoms. The van der Waals surface area contributed by atoms with E-state index in [9.17, 15) is 26.4 Å². The van der Waals surface area contributed by atoms with Gasteiger partial charge in [-0.15, -0.1) is 10.2 Å². The number of halogens is 3. The van der Waals surface area contributed by atoms with Crippen molar-refractivity contribution in [1.29, 1.82) is 0 Å². The van der Waals surface area contributed by atoms with Gasteiger partial charge < -0.3 is 13.7 Å². The van der Waals surface area contributed by atoms with Gasteiger partial charge in [0.05, 0.1) is 17.9 Å². The first-order valence-electron chi connectivity index (χ1n) is 13.1. The summed E-state index contributed by atoms with van der Waals surface area (Å²) in [5.74, 6) is -1.39. The van der Waals surface area contributed by atoms with Crippen LogP contribution in [0.15, 0.2) is 53.2 Å². The molecule has 4 heterocycles. The quantitative estimate of drug-likeness (QED) is 0.308. The van der Waals surface area contributed by atoms with Gasteiger partial charge in [0.2, 0.25) is 11.8 Å². The number of amides is 1. The first kappa shape index (κ1) is 27.2. The Morgan fingerprint density at radius 1 is 1.10 bits per heavy atom. The van der Waals surface area contributed by atoms with Crippen LogP contribution in [0, 0.1) is 11.7 Å². The molecule has 2 fully saturated rings. The molecule has 0 N–H and O–H groups in total. The zero-order valence-electron chi connectivity index (χ0n) is 21.7. The maximum absolute atomic E-state index is 14.2. The number of pyridine rings is 1. The van der Waals surface area contributed by atoms with Crippen molar-refractivity contribution in [2.45, 2.75) is 32.2 Å². The Morgan fingerprint density at radius 2 is 1.88 bits per heavy atom. The molecule has 0 atom stereocenters. The highest BCUT2D eigenvalue weighted by atomic mass is 32.2. The largest absolute Gasteiger partial charge is 0.415 e. The number of imidazole rings is 1. The van der Waals surface area contributed by atoms with Crippen LogP contribution in [0.25, 0.3) is 17.1 Å². The molecule has 6 rings (SSSR count). The van der Waals surface area contributed by atoms with Gasteiger partial charge in [0.15, 0.2) is 0 Å². The molecule has 0 unspecified atom stereocenters. The van der Waals surface area contributed by atoms with Crippen LogP contribution in [0.5, 0.6) is 0 Å². The molecular formula is C26H26F3N7O4S. The van der Waals surface area contributed by atoms with E-state index < -0.39 is 28.3 Å². The van der Waals surface area contributed by atoms with Crippen LogP contribution in [0.3, 0.4) is 0 Å². The highest BCUT2D eigenvalue weighted by Gasteiger charge is 2.37. The normalized spacial score (nSPS) is 16.8. The maximum Gasteiger partial charge on any atom is 0.314 e. The standard InChI is InChI=1S/C26H26F3N7O4S/c27-19-5-2-6-21(14-19)36(41(38,39)35-11-9-33(10-12-35)26(37)17-3-1-4-17)16-20-15-34-8-7-18(13-22(34)30-20)24-31-32-25(40-24)23(28)29/h2,5-8,13-15,17,23H,1,3-4,9-12,16H2. The Labute approximate surface area is 233 Å². The summed E-state index contributed by atoms with van der Waals surface area (Å²) >= 11 is 0. The van der Waals surface area contributed by atoms with Gasteiger partial charge >= 0.3 is 16.6 Å². The maximum atomic E-state index is 14.2. The van der Waals surface area contributed by atoms with Crippen LogP contribution in [0.4, 0.5) is 18.9 Å². The number of carbonyl (C=O) groups is 1. The number of aromatic nitrogens is 4. The third-order valence-electron chi connectivity index (χ3n) is 7.40. The molecule has 1 saturated carbocycles. The molecule has 41 heavy (non-hydrogen) atoms. The topological polar surface area (TPSA) is 117 Å². The van der Waals surface area contributed by atoms with E-state index in [0.717, 1.165) is 29.6 Å². The number of nitrogens with zero attached hydrogens (tertiary/aromatic N) is 7. The highest BCUT2D eigenvalue weighted by Crippen LogP contribution is 2.30. The molecule has 4 aromatic rings. The first-order chi connectivity index (χ1) is 19.7. The Morgan fingerprint density at radius 3 is 2.54 bits per heavy atom. The van der Waals surface area contributed by atoms with E-state index in [1.807, 2.05) is 0 Å². The fourth-order valence-corrected chi connectivity index (χ4v) is 6.54. The second kappa shape index (κ2) is 10.8. The lowest BCUT2D eigenvalue weighted by Gasteiger charge is -2.39. The molecule has 3 aromatic heterocycles. The monoisotopic (exact) mass is 589 g/mol. The summed E-state index contributed by atoms with van der Waals surface area (Å²) in [5.41, 5.74) is 1.22. The number of fused-ring (bicyclic) bond motifs is 1. The summed E-state index contributed by atoms with van der Waals surface area (Å²) in [6.07, 6.45) is 3.10. The summed E-state index contributed by atoms with van der Waals surface area (Å²) in [5, 5.41) is 6.98. The molecule has 0 bridgehead atoms. The average Bonchev–Trinajstić information content (AvgIpc) is 3.58. The van der Waals surface area contributed by atoms with Gasteiger partial charge in [0.25, 0.3) is 5.89 Å². The predicted molar refractivity (Wildman–Crippen MR) is 140 cm³/mol. The molecule has 2 aliphatic rings. The smallest absolute Gasteiger partial charge is 0.314 e. The van der Waals surface area contributed by atoms with Gasteiger partial charge in [0, 0.05) is 50.1 Å². The van der Waals surface area contributed by atoms with Crippen molar-refractivity contribution in [3.63, 3.8) is 0 Å². The summed E-state index contributed by atoms with van der Waals surface area (Å²) in [7, 11) is -4.14. The Bertz CT molecular complexity index is 1680. The molecule has 1 amide bonds. The number of carbonyl (C=O) groups excluding carboxylic acids is 1. The minimum Gasteiger partial charge on any atom is -0.415 e. The van der Waals surface area contributed by atoms with Gasteiger partial charge in [-0.05, 0) is 43.2 Å². The summed E-state index contributed by atoms with van der Waals surface area (Å²) < 4.78 is 76.8. The average molecular weight is 590 g/mol. The third-order valence-corrected chi connectivity index (χ3v) is 9.31. The molecule has 0 radical (unpaired) electrons. The van der Waals surface area contributed by atoms with Crippen molar-refractivity contribution < 1.29 is 30.8 Å². The van der Waals surface area contributed by atoms with E-state index in [1.54, 1.807) is 33.8 Å². The van der Waals surface area contributed by atoms with E-state index in [-0.39, 0.29) is 56.1 Å². The first-order valence-corrected chi connectivity index (χ1v) is 14.5. The van der Waals surface area contributed by atoms with E-state index in [1.165, 1.54) is 22.5 Å². The van der Waals surface area contributed by atoms with Crippen molar-refractivity contribution in [3.8, 4) is 11.5 Å². The second-order valence-electron chi connectivity index (χ2n) is 10.0. The lowest BCUT2D eigenvalue weighted by molar-refractivity contribution is -0.139. The van der Waals surface area contributed by atoms with E-state index in [4.69, 9.17) is 4.42 Å². The zero-order valence-corrected chi connectivity index (χ0v) is 22.6. The fourth-order valence-electron chi connectivity index (χ4n) is 4.96. The van der Waals surface area contributed by atoms with Crippen LogP contribution in [-0.4, -0.2) is 69.3 Å². The van der Waals surface area contributed by atoms with Crippen LogP contribution in [0.2, 0.25) is 0 Å². The number of rotatable bonds is 8. The number of benzene rings is 1. The van der Waals surface area contributed by atoms with E-state index in [2.05, 4.69) is 15.2 Å². The predicted octanol–water partition coefficient (Wildman–Crippen LogP) is 3.66. The molecule has 0 spiro atoms. The molecule has 216 valence electrons. The Balaban J connectivity index is 1.26. The van der Waals surface area contributed by atoms with Crippen LogP contribution < -0.4 is 4.31 Å². The van der Waals surface area contributed by atoms with Gasteiger partial charge in [-0.1, -0.05) is 12.5 Å². The van der Waals surface area contributed by atoms with Gasteiger partial charge in [-0.3, -0.25) is 9.10 Å². The number of hydrogen-bond acceptors (Lipinski definition) is 7. The minimum atomic E-state index is -4.14. The molecular weight excluding hydrogens is 563 g/mol. The van der Waals surface area contributed by atoms with E-state index in [0.29, 0.717) is 16.9 Å². The summed E-state index contributed by atoms with van der Waals surface area (Å²) in [6, 6.07) is 8.41. The number of piperazine rings is 1. The Kier molecular flexibility index (Phi) is 7.15. The lowest BCUT2D eigenvalue weighted by atomic mass is 9.84. The van der Waals surface area contributed by atoms with Gasteiger partial charge in [-0.25, -0.2) is 9.37 Å². The second-order valence-corrected chi connectivity index (χ2v) is 11.9. The molecule has 1 aromatic carbocycles. The number of hydrogen-bond donors (Lipinski definition) is 0. The molecule has 1 saturated heterocycles. The zero-order chi connectivity index (χ0) is 28.7. The van der Waals surface area contributed by atoms with Gasteiger partial charge in [0.1, 0.15) is 11.5 Å². The minimum absolute atomic E-state index is 0.0312. The highest BCUT2D eigenvalue weighted by molar-refractivity contribution is 7.90. The molecule has 1 aliphatic heterocycles. The van der Waals surface area contributed by atoms with E-state index >= 15 is 0 Å². The summed E-state index contributed by atoms with van der Waals surface area (Å²) in [6.45, 7) is 0.592. The molecule has 11 nitrogen and oxygen atoms in total. The van der Waals surface area contributed by atoms with Gasteiger partial charge in [-0.2, -0.15) is 21.5 Å². The van der Waals surface area contributed by atoms with Crippen LogP contribution in [0.1, 0.15) is 37.3 Å². The molecule has 1 aliphatic carbocycles. The SMILES string of the molecule is O=C(C1CCC1)N1CCN(S(=O)(=O)N(Cc2cn3ccc(-c4nnc(C(F)F)o4)cc3n2)c2cccc(F)c2)CC1.